The number of hydrogen-bond acceptors (Lipinski definition) is 4. The van der Waals surface area contributed by atoms with Crippen LogP contribution in [0.25, 0.3) is 0 Å². The van der Waals surface area contributed by atoms with Crippen molar-refractivity contribution in [2.75, 3.05) is 5.75 Å². The number of aryl methyl sites for hydroxylation is 1. The molecule has 2 saturated carbocycles. The highest BCUT2D eigenvalue weighted by atomic mass is 32.2. The average Bonchev–Trinajstić information content (AvgIpc) is 3.15. The predicted octanol–water partition coefficient (Wildman–Crippen LogP) is 2.59. The third-order valence-electron chi connectivity index (χ3n) is 5.49. The molecule has 3 rings (SSSR count). The first-order chi connectivity index (χ1) is 11.5. The average molecular weight is 345 g/mol. The van der Waals surface area contributed by atoms with E-state index in [4.69, 9.17) is 0 Å². The van der Waals surface area contributed by atoms with Gasteiger partial charge in [-0.3, -0.25) is 9.59 Å². The summed E-state index contributed by atoms with van der Waals surface area (Å²) >= 11 is 1.22. The maximum atomic E-state index is 12.3. The fourth-order valence-electron chi connectivity index (χ4n) is 4.35. The van der Waals surface area contributed by atoms with E-state index in [0.717, 1.165) is 11.8 Å². The summed E-state index contributed by atoms with van der Waals surface area (Å²) in [6.45, 7) is 3.83. The first kappa shape index (κ1) is 17.1. The Balaban J connectivity index is 1.56. The van der Waals surface area contributed by atoms with Crippen LogP contribution < -0.4 is 10.9 Å². The summed E-state index contributed by atoms with van der Waals surface area (Å²) in [6, 6.07) is 3.69. The zero-order valence-corrected chi connectivity index (χ0v) is 14.9. The molecule has 0 unspecified atom stereocenters. The summed E-state index contributed by atoms with van der Waals surface area (Å²) in [4.78, 5) is 26.5. The number of nitriles is 1. The normalized spacial score (nSPS) is 26.1. The molecule has 1 heterocycles. The zero-order chi connectivity index (χ0) is 17.3. The van der Waals surface area contributed by atoms with Gasteiger partial charge in [0, 0.05) is 12.1 Å². The van der Waals surface area contributed by atoms with E-state index in [2.05, 4.69) is 23.3 Å². The van der Waals surface area contributed by atoms with Crippen molar-refractivity contribution < 1.29 is 4.79 Å². The number of carbonyl (C=O) groups is 1. The van der Waals surface area contributed by atoms with Gasteiger partial charge in [-0.2, -0.15) is 5.26 Å². The van der Waals surface area contributed by atoms with Crippen molar-refractivity contribution in [2.24, 2.45) is 17.8 Å². The van der Waals surface area contributed by atoms with Gasteiger partial charge in [0.05, 0.1) is 16.3 Å². The molecule has 0 spiro atoms. The molecule has 0 saturated heterocycles. The number of aromatic nitrogens is 1. The number of thioether (sulfide) groups is 1. The number of amides is 1. The summed E-state index contributed by atoms with van der Waals surface area (Å²) in [5.41, 5.74) is 0.831. The molecule has 2 N–H and O–H groups in total. The van der Waals surface area contributed by atoms with Crippen LogP contribution in [0.4, 0.5) is 0 Å². The van der Waals surface area contributed by atoms with Crippen molar-refractivity contribution >= 4 is 17.7 Å². The number of aromatic amines is 1. The molecule has 2 aliphatic rings. The van der Waals surface area contributed by atoms with Gasteiger partial charge in [-0.05, 0) is 56.4 Å². The quantitative estimate of drug-likeness (QED) is 0.803. The van der Waals surface area contributed by atoms with Gasteiger partial charge in [0.2, 0.25) is 11.5 Å². The van der Waals surface area contributed by atoms with Gasteiger partial charge in [0.15, 0.2) is 0 Å². The highest BCUT2D eigenvalue weighted by molar-refractivity contribution is 8.00. The highest BCUT2D eigenvalue weighted by Crippen LogP contribution is 2.49. The van der Waals surface area contributed by atoms with E-state index in [1.165, 1.54) is 43.5 Å². The zero-order valence-electron chi connectivity index (χ0n) is 14.1. The van der Waals surface area contributed by atoms with Crippen LogP contribution in [0.1, 0.15) is 43.7 Å². The van der Waals surface area contributed by atoms with Gasteiger partial charge in [-0.15, -0.1) is 0 Å². The third-order valence-corrected chi connectivity index (χ3v) is 6.49. The van der Waals surface area contributed by atoms with Gasteiger partial charge in [0.1, 0.15) is 6.07 Å². The minimum absolute atomic E-state index is 0.0403. The van der Waals surface area contributed by atoms with Gasteiger partial charge in [-0.25, -0.2) is 0 Å². The highest BCUT2D eigenvalue weighted by Gasteiger charge is 2.42. The monoisotopic (exact) mass is 345 g/mol. The summed E-state index contributed by atoms with van der Waals surface area (Å²) in [5.74, 6) is 2.41. The van der Waals surface area contributed by atoms with Crippen LogP contribution in [-0.4, -0.2) is 22.7 Å². The van der Waals surface area contributed by atoms with E-state index in [0.29, 0.717) is 22.1 Å². The molecule has 2 aliphatic carbocycles. The topological polar surface area (TPSA) is 85.8 Å². The second-order valence-corrected chi connectivity index (χ2v) is 8.10. The van der Waals surface area contributed by atoms with Crippen molar-refractivity contribution in [1.29, 1.82) is 5.26 Å². The van der Waals surface area contributed by atoms with Crippen LogP contribution in [0.5, 0.6) is 0 Å². The second kappa shape index (κ2) is 7.02. The van der Waals surface area contributed by atoms with Gasteiger partial charge >= 0.3 is 0 Å². The lowest BCUT2D eigenvalue weighted by atomic mass is 9.84. The number of carbonyl (C=O) groups excluding carboxylic acids is 1. The Morgan fingerprint density at radius 1 is 1.50 bits per heavy atom. The summed E-state index contributed by atoms with van der Waals surface area (Å²) < 4.78 is 0. The number of H-pyrrole nitrogens is 1. The Labute approximate surface area is 146 Å². The van der Waals surface area contributed by atoms with Gasteiger partial charge < -0.3 is 10.3 Å². The first-order valence-corrected chi connectivity index (χ1v) is 9.52. The summed E-state index contributed by atoms with van der Waals surface area (Å²) in [6.07, 6.45) is 5.23. The lowest BCUT2D eigenvalue weighted by molar-refractivity contribution is -0.119. The number of hydrogen-bond donors (Lipinski definition) is 2. The third kappa shape index (κ3) is 3.51. The molecule has 2 bridgehead atoms. The van der Waals surface area contributed by atoms with Crippen LogP contribution >= 0.6 is 11.8 Å². The van der Waals surface area contributed by atoms with E-state index in [1.54, 1.807) is 6.92 Å². The van der Waals surface area contributed by atoms with Crippen molar-refractivity contribution in [3.8, 4) is 6.07 Å². The van der Waals surface area contributed by atoms with Crippen LogP contribution in [0.2, 0.25) is 0 Å². The molecule has 0 aromatic carbocycles. The van der Waals surface area contributed by atoms with Crippen LogP contribution in [0.3, 0.4) is 0 Å². The lowest BCUT2D eigenvalue weighted by Crippen LogP contribution is -2.40. The SMILES string of the molecule is Cc1cc(=O)[nH]c(SCC(=O)N[C@@H](C)[C@H]2C[C@H]3CC[C@H]2C3)c1C#N. The maximum absolute atomic E-state index is 12.3. The number of fused-ring (bicyclic) bond motifs is 2. The maximum Gasteiger partial charge on any atom is 0.249 e. The smallest absolute Gasteiger partial charge is 0.249 e. The van der Waals surface area contributed by atoms with Crippen molar-refractivity contribution in [3.63, 3.8) is 0 Å². The van der Waals surface area contributed by atoms with E-state index in [-0.39, 0.29) is 23.3 Å². The van der Waals surface area contributed by atoms with Crippen molar-refractivity contribution in [1.82, 2.24) is 10.3 Å². The molecule has 1 amide bonds. The van der Waals surface area contributed by atoms with E-state index >= 15 is 0 Å². The van der Waals surface area contributed by atoms with Crippen molar-refractivity contribution in [3.05, 3.63) is 27.5 Å². The molecule has 128 valence electrons. The minimum atomic E-state index is -0.246. The molecule has 2 fully saturated rings. The molecular weight excluding hydrogens is 322 g/mol. The van der Waals surface area contributed by atoms with E-state index < -0.39 is 0 Å². The predicted molar refractivity (Wildman–Crippen MR) is 93.8 cm³/mol. The Hall–Kier alpha value is -1.74. The lowest BCUT2D eigenvalue weighted by Gasteiger charge is -2.28. The molecule has 1 aromatic heterocycles. The number of nitrogens with one attached hydrogen (secondary N) is 2. The fourth-order valence-corrected chi connectivity index (χ4v) is 5.23. The van der Waals surface area contributed by atoms with Gasteiger partial charge in [0.25, 0.3) is 0 Å². The number of pyridine rings is 1. The first-order valence-electron chi connectivity index (χ1n) is 8.54. The van der Waals surface area contributed by atoms with Crippen LogP contribution in [-0.2, 0) is 4.79 Å². The summed E-state index contributed by atoms with van der Waals surface area (Å²) in [5, 5.41) is 12.8. The Morgan fingerprint density at radius 2 is 2.29 bits per heavy atom. The van der Waals surface area contributed by atoms with Crippen molar-refractivity contribution in [2.45, 2.75) is 50.6 Å². The second-order valence-electron chi connectivity index (χ2n) is 7.12. The molecule has 0 radical (unpaired) electrons. The molecule has 24 heavy (non-hydrogen) atoms. The van der Waals surface area contributed by atoms with Crippen LogP contribution in [0.15, 0.2) is 15.9 Å². The molecule has 1 aromatic rings. The van der Waals surface area contributed by atoms with E-state index in [1.807, 2.05) is 0 Å². The molecule has 0 aliphatic heterocycles. The summed E-state index contributed by atoms with van der Waals surface area (Å²) in [7, 11) is 0. The van der Waals surface area contributed by atoms with Crippen LogP contribution in [0, 0.1) is 36.0 Å². The Morgan fingerprint density at radius 3 is 2.92 bits per heavy atom. The largest absolute Gasteiger partial charge is 0.353 e. The van der Waals surface area contributed by atoms with E-state index in [9.17, 15) is 14.9 Å². The fraction of sp³-hybridized carbons (Fsp3) is 0.611. The standard InChI is InChI=1S/C18H23N3O2S/c1-10-5-16(22)21-18(15(10)8-19)24-9-17(23)20-11(2)14-7-12-3-4-13(14)6-12/h5,11-14H,3-4,6-7,9H2,1-2H3,(H,20,23)(H,21,22)/t11-,12-,13-,14+/m0/s1. The molecule has 6 heteroatoms. The van der Waals surface area contributed by atoms with Gasteiger partial charge in [-0.1, -0.05) is 18.2 Å². The number of nitrogens with zero attached hydrogens (tertiary/aromatic N) is 1. The minimum Gasteiger partial charge on any atom is -0.353 e. The number of rotatable bonds is 5. The molecular formula is C18H23N3O2S. The Bertz CT molecular complexity index is 737. The Kier molecular flexibility index (Phi) is 5.00. The molecule has 5 nitrogen and oxygen atoms in total. The molecule has 4 atom stereocenters.